The van der Waals surface area contributed by atoms with Crippen LogP contribution in [0.2, 0.25) is 0 Å². The molecule has 3 N–H and O–H groups in total. The minimum absolute atomic E-state index is 0.0391. The van der Waals surface area contributed by atoms with Crippen molar-refractivity contribution in [3.8, 4) is 0 Å². The van der Waals surface area contributed by atoms with Crippen LogP contribution in [0.5, 0.6) is 0 Å². The molecule has 1 aliphatic rings. The van der Waals surface area contributed by atoms with Crippen LogP contribution >= 0.6 is 0 Å². The molecule has 0 spiro atoms. The smallest absolute Gasteiger partial charge is 0.246 e. The molecular weight excluding hydrogens is 192 g/mol. The number of carbonyl (C=O) groups excluding carboxylic acids is 1. The normalized spacial score (nSPS) is 25.9. The van der Waals surface area contributed by atoms with Crippen molar-refractivity contribution in [1.82, 2.24) is 5.32 Å². The van der Waals surface area contributed by atoms with Crippen molar-refractivity contribution in [2.75, 3.05) is 13.2 Å². The Hall–Kier alpha value is -0.610. The van der Waals surface area contributed by atoms with E-state index in [1.165, 1.54) is 0 Å². The molecule has 1 amide bonds. The number of nitrogens with two attached hydrogens (primary N) is 1. The molecule has 1 aliphatic carbocycles. The Labute approximate surface area is 91.5 Å². The lowest BCUT2D eigenvalue weighted by atomic mass is 10.2. The predicted octanol–water partition coefficient (Wildman–Crippen LogP) is 0.655. The van der Waals surface area contributed by atoms with Gasteiger partial charge in [-0.1, -0.05) is 13.8 Å². The van der Waals surface area contributed by atoms with Gasteiger partial charge in [-0.15, -0.1) is 0 Å². The van der Waals surface area contributed by atoms with Crippen LogP contribution in [0.4, 0.5) is 0 Å². The van der Waals surface area contributed by atoms with Crippen molar-refractivity contribution in [2.45, 2.75) is 45.3 Å². The molecule has 0 aromatic carbocycles. The van der Waals surface area contributed by atoms with E-state index in [9.17, 15) is 4.79 Å². The third kappa shape index (κ3) is 4.62. The fraction of sp³-hybridized carbons (Fsp3) is 0.909. The molecule has 0 saturated heterocycles. The number of rotatable bonds is 5. The molecule has 1 saturated carbocycles. The Kier molecular flexibility index (Phi) is 5.05. The zero-order chi connectivity index (χ0) is 11.3. The molecule has 4 heteroatoms. The van der Waals surface area contributed by atoms with Crippen LogP contribution in [0.15, 0.2) is 0 Å². The lowest BCUT2D eigenvalue weighted by molar-refractivity contribution is -0.127. The zero-order valence-electron chi connectivity index (χ0n) is 9.66. The highest BCUT2D eigenvalue weighted by molar-refractivity contribution is 5.77. The van der Waals surface area contributed by atoms with Crippen molar-refractivity contribution in [3.63, 3.8) is 0 Å². The summed E-state index contributed by atoms with van der Waals surface area (Å²) in [5, 5.41) is 2.82. The second-order valence-electron chi connectivity index (χ2n) is 4.64. The first kappa shape index (κ1) is 12.5. The number of hydrogen-bond acceptors (Lipinski definition) is 3. The van der Waals surface area contributed by atoms with E-state index in [4.69, 9.17) is 10.5 Å². The van der Waals surface area contributed by atoms with Crippen LogP contribution in [0.25, 0.3) is 0 Å². The average Bonchev–Trinajstić information content (AvgIpc) is 2.58. The summed E-state index contributed by atoms with van der Waals surface area (Å²) in [7, 11) is 0. The fourth-order valence-electron chi connectivity index (χ4n) is 1.71. The summed E-state index contributed by atoms with van der Waals surface area (Å²) in [6, 6.07) is 0.114. The van der Waals surface area contributed by atoms with Gasteiger partial charge in [-0.3, -0.25) is 4.79 Å². The largest absolute Gasteiger partial charge is 0.367 e. The van der Waals surface area contributed by atoms with Gasteiger partial charge in [0.2, 0.25) is 5.91 Å². The molecule has 0 bridgehead atoms. The molecule has 88 valence electrons. The predicted molar refractivity (Wildman–Crippen MR) is 59.4 cm³/mol. The molecule has 1 rings (SSSR count). The summed E-state index contributed by atoms with van der Waals surface area (Å²) in [6.45, 7) is 4.98. The van der Waals surface area contributed by atoms with Crippen LogP contribution in [0, 0.1) is 5.92 Å². The third-order valence-corrected chi connectivity index (χ3v) is 2.64. The van der Waals surface area contributed by atoms with Crippen LogP contribution in [0.1, 0.15) is 33.1 Å². The van der Waals surface area contributed by atoms with Gasteiger partial charge in [0, 0.05) is 12.6 Å². The van der Waals surface area contributed by atoms with Crippen LogP contribution < -0.4 is 11.1 Å². The van der Waals surface area contributed by atoms with Gasteiger partial charge in [-0.25, -0.2) is 0 Å². The summed E-state index contributed by atoms with van der Waals surface area (Å²) in [4.78, 5) is 11.3. The van der Waals surface area contributed by atoms with Gasteiger partial charge in [0.25, 0.3) is 0 Å². The first-order valence-electron chi connectivity index (χ1n) is 5.73. The number of hydrogen-bond donors (Lipinski definition) is 2. The summed E-state index contributed by atoms with van der Waals surface area (Å²) in [5.41, 5.74) is 5.83. The zero-order valence-corrected chi connectivity index (χ0v) is 9.66. The lowest BCUT2D eigenvalue weighted by Crippen LogP contribution is -2.36. The molecule has 0 aromatic rings. The first-order chi connectivity index (χ1) is 7.09. The Morgan fingerprint density at radius 1 is 1.53 bits per heavy atom. The van der Waals surface area contributed by atoms with Crippen molar-refractivity contribution in [1.29, 1.82) is 0 Å². The van der Waals surface area contributed by atoms with E-state index in [1.807, 2.05) is 0 Å². The van der Waals surface area contributed by atoms with Gasteiger partial charge in [0.1, 0.15) is 6.61 Å². The summed E-state index contributed by atoms with van der Waals surface area (Å²) >= 11 is 0. The van der Waals surface area contributed by atoms with Crippen molar-refractivity contribution in [2.24, 2.45) is 11.7 Å². The van der Waals surface area contributed by atoms with Gasteiger partial charge < -0.3 is 15.8 Å². The molecule has 0 aromatic heterocycles. The Bertz CT molecular complexity index is 207. The van der Waals surface area contributed by atoms with E-state index in [0.717, 1.165) is 19.3 Å². The molecule has 0 radical (unpaired) electrons. The quantitative estimate of drug-likeness (QED) is 0.706. The van der Waals surface area contributed by atoms with E-state index < -0.39 is 0 Å². The molecule has 2 atom stereocenters. The molecule has 0 heterocycles. The SMILES string of the molecule is CC(C)CNC(=O)COC1CCCC1N. The summed E-state index contributed by atoms with van der Waals surface area (Å²) in [5.74, 6) is 0.436. The maximum Gasteiger partial charge on any atom is 0.246 e. The molecule has 0 aliphatic heterocycles. The maximum absolute atomic E-state index is 11.3. The van der Waals surface area contributed by atoms with E-state index in [-0.39, 0.29) is 24.7 Å². The number of carbonyl (C=O) groups is 1. The maximum atomic E-state index is 11.3. The van der Waals surface area contributed by atoms with E-state index >= 15 is 0 Å². The summed E-state index contributed by atoms with van der Waals surface area (Å²) < 4.78 is 5.47. The molecule has 4 nitrogen and oxygen atoms in total. The van der Waals surface area contributed by atoms with E-state index in [2.05, 4.69) is 19.2 Å². The lowest BCUT2D eigenvalue weighted by Gasteiger charge is -2.16. The minimum Gasteiger partial charge on any atom is -0.367 e. The highest BCUT2D eigenvalue weighted by Gasteiger charge is 2.24. The van der Waals surface area contributed by atoms with Crippen LogP contribution in [-0.2, 0) is 9.53 Å². The monoisotopic (exact) mass is 214 g/mol. The van der Waals surface area contributed by atoms with Gasteiger partial charge in [-0.2, -0.15) is 0 Å². The Morgan fingerprint density at radius 3 is 2.80 bits per heavy atom. The highest BCUT2D eigenvalue weighted by Crippen LogP contribution is 2.19. The molecular formula is C11H22N2O2. The molecule has 15 heavy (non-hydrogen) atoms. The van der Waals surface area contributed by atoms with Gasteiger partial charge >= 0.3 is 0 Å². The number of ether oxygens (including phenoxy) is 1. The highest BCUT2D eigenvalue weighted by atomic mass is 16.5. The van der Waals surface area contributed by atoms with Gasteiger partial charge in [0.15, 0.2) is 0 Å². The van der Waals surface area contributed by atoms with Crippen LogP contribution in [0.3, 0.4) is 0 Å². The van der Waals surface area contributed by atoms with E-state index in [0.29, 0.717) is 12.5 Å². The van der Waals surface area contributed by atoms with Gasteiger partial charge in [-0.05, 0) is 25.2 Å². The number of nitrogens with one attached hydrogen (secondary N) is 1. The molecule has 2 unspecified atom stereocenters. The second kappa shape index (κ2) is 6.08. The third-order valence-electron chi connectivity index (χ3n) is 2.64. The standard InChI is InChI=1S/C11H22N2O2/c1-8(2)6-13-11(14)7-15-10-5-3-4-9(10)12/h8-10H,3-7,12H2,1-2H3,(H,13,14). The Morgan fingerprint density at radius 2 is 2.27 bits per heavy atom. The first-order valence-corrected chi connectivity index (χ1v) is 5.73. The topological polar surface area (TPSA) is 64.3 Å². The average molecular weight is 214 g/mol. The van der Waals surface area contributed by atoms with Crippen LogP contribution in [-0.4, -0.2) is 31.2 Å². The van der Waals surface area contributed by atoms with Crippen molar-refractivity contribution in [3.05, 3.63) is 0 Å². The number of amides is 1. The van der Waals surface area contributed by atoms with E-state index in [1.54, 1.807) is 0 Å². The second-order valence-corrected chi connectivity index (χ2v) is 4.64. The van der Waals surface area contributed by atoms with Crippen molar-refractivity contribution >= 4 is 5.91 Å². The Balaban J connectivity index is 2.11. The van der Waals surface area contributed by atoms with Gasteiger partial charge in [0.05, 0.1) is 6.10 Å². The minimum atomic E-state index is -0.0391. The fourth-order valence-corrected chi connectivity index (χ4v) is 1.71. The summed E-state index contributed by atoms with van der Waals surface area (Å²) in [6.07, 6.45) is 3.19. The van der Waals surface area contributed by atoms with Crippen molar-refractivity contribution < 1.29 is 9.53 Å². The molecule has 1 fully saturated rings.